The first-order chi connectivity index (χ1) is 15.0. The van der Waals surface area contributed by atoms with Crippen LogP contribution in [0.1, 0.15) is 73.8 Å². The highest BCUT2D eigenvalue weighted by Crippen LogP contribution is 2.48. The first kappa shape index (κ1) is 20.2. The van der Waals surface area contributed by atoms with E-state index in [1.54, 1.807) is 0 Å². The Kier molecular flexibility index (Phi) is 5.04. The summed E-state index contributed by atoms with van der Waals surface area (Å²) in [4.78, 5) is 11.6. The summed E-state index contributed by atoms with van der Waals surface area (Å²) in [5, 5.41) is 0. The van der Waals surface area contributed by atoms with Crippen molar-refractivity contribution in [1.29, 1.82) is 0 Å². The third-order valence-electron chi connectivity index (χ3n) is 7.14. The van der Waals surface area contributed by atoms with Crippen LogP contribution >= 0.6 is 0 Å². The van der Waals surface area contributed by atoms with Crippen LogP contribution in [-0.4, -0.2) is 19.7 Å². The second-order valence-corrected chi connectivity index (χ2v) is 9.55. The molecule has 0 spiro atoms. The van der Waals surface area contributed by atoms with Crippen LogP contribution in [0.25, 0.3) is 5.57 Å². The van der Waals surface area contributed by atoms with E-state index in [4.69, 9.17) is 14.2 Å². The topological polar surface area (TPSA) is 44.8 Å². The summed E-state index contributed by atoms with van der Waals surface area (Å²) >= 11 is 0. The molecule has 0 saturated carbocycles. The third kappa shape index (κ3) is 3.62. The maximum absolute atomic E-state index is 11.6. The van der Waals surface area contributed by atoms with Crippen molar-refractivity contribution in [2.24, 2.45) is 5.41 Å². The summed E-state index contributed by atoms with van der Waals surface area (Å²) in [6.45, 7) is 5.22. The maximum atomic E-state index is 11.6. The summed E-state index contributed by atoms with van der Waals surface area (Å²) in [6.07, 6.45) is 7.25. The third-order valence-corrected chi connectivity index (χ3v) is 7.14. The molecule has 0 radical (unpaired) electrons. The zero-order valence-electron chi connectivity index (χ0n) is 18.6. The van der Waals surface area contributed by atoms with Crippen molar-refractivity contribution in [2.75, 3.05) is 13.7 Å². The van der Waals surface area contributed by atoms with E-state index in [2.05, 4.69) is 38.1 Å². The minimum Gasteiger partial charge on any atom is -0.492 e. The number of benzene rings is 2. The number of methoxy groups -OCH3 is 1. The number of esters is 1. The molecular formula is C27H30O4. The lowest BCUT2D eigenvalue weighted by molar-refractivity contribution is -0.141. The molecule has 2 atom stereocenters. The molecule has 0 saturated heterocycles. The Morgan fingerprint density at radius 1 is 1.19 bits per heavy atom. The maximum Gasteiger partial charge on any atom is 0.306 e. The van der Waals surface area contributed by atoms with Crippen LogP contribution in [0.3, 0.4) is 0 Å². The largest absolute Gasteiger partial charge is 0.492 e. The Balaban J connectivity index is 1.36. The number of carbonyl (C=O) groups is 1. The quantitative estimate of drug-likeness (QED) is 0.559. The summed E-state index contributed by atoms with van der Waals surface area (Å²) < 4.78 is 17.1. The van der Waals surface area contributed by atoms with Crippen molar-refractivity contribution in [2.45, 2.75) is 58.0 Å². The van der Waals surface area contributed by atoms with Crippen LogP contribution in [0.2, 0.25) is 0 Å². The van der Waals surface area contributed by atoms with Gasteiger partial charge in [0.2, 0.25) is 0 Å². The molecule has 1 unspecified atom stereocenters. The number of fused-ring (bicyclic) bond motifs is 2. The Hall–Kier alpha value is -2.75. The molecule has 2 aromatic rings. The molecule has 1 heterocycles. The molecule has 0 fully saturated rings. The summed E-state index contributed by atoms with van der Waals surface area (Å²) in [7, 11) is 1.42. The van der Waals surface area contributed by atoms with Crippen molar-refractivity contribution in [3.63, 3.8) is 0 Å². The molecule has 3 aliphatic rings. The van der Waals surface area contributed by atoms with Gasteiger partial charge in [-0.1, -0.05) is 44.2 Å². The molecule has 31 heavy (non-hydrogen) atoms. The number of hydrogen-bond acceptors (Lipinski definition) is 4. The Bertz CT molecular complexity index is 1050. The highest BCUT2D eigenvalue weighted by Gasteiger charge is 2.34. The van der Waals surface area contributed by atoms with Crippen LogP contribution < -0.4 is 9.47 Å². The van der Waals surface area contributed by atoms with Gasteiger partial charge in [0.05, 0.1) is 20.1 Å². The molecule has 4 heteroatoms. The smallest absolute Gasteiger partial charge is 0.306 e. The zero-order chi connectivity index (χ0) is 21.6. The fraction of sp³-hybridized carbons (Fsp3) is 0.444. The lowest BCUT2D eigenvalue weighted by atomic mass is 9.80. The van der Waals surface area contributed by atoms with E-state index < -0.39 is 0 Å². The van der Waals surface area contributed by atoms with Gasteiger partial charge in [-0.15, -0.1) is 0 Å². The monoisotopic (exact) mass is 418 g/mol. The van der Waals surface area contributed by atoms with Gasteiger partial charge < -0.3 is 14.2 Å². The summed E-state index contributed by atoms with van der Waals surface area (Å²) in [5.74, 6) is 1.48. The van der Waals surface area contributed by atoms with Gasteiger partial charge in [-0.3, -0.25) is 4.79 Å². The van der Waals surface area contributed by atoms with Gasteiger partial charge in [-0.2, -0.15) is 0 Å². The Labute approximate surface area is 184 Å². The molecule has 162 valence electrons. The first-order valence-corrected chi connectivity index (χ1v) is 11.3. The first-order valence-electron chi connectivity index (χ1n) is 11.3. The van der Waals surface area contributed by atoms with E-state index in [0.717, 1.165) is 36.3 Å². The lowest BCUT2D eigenvalue weighted by Gasteiger charge is -2.25. The Morgan fingerprint density at radius 2 is 2.06 bits per heavy atom. The zero-order valence-corrected chi connectivity index (χ0v) is 18.6. The van der Waals surface area contributed by atoms with Crippen molar-refractivity contribution in [3.8, 4) is 11.5 Å². The molecule has 2 aromatic carbocycles. The van der Waals surface area contributed by atoms with Gasteiger partial charge in [-0.05, 0) is 59.4 Å². The predicted octanol–water partition coefficient (Wildman–Crippen LogP) is 6.00. The van der Waals surface area contributed by atoms with Crippen molar-refractivity contribution in [3.05, 3.63) is 64.7 Å². The molecule has 4 nitrogen and oxygen atoms in total. The van der Waals surface area contributed by atoms with Crippen molar-refractivity contribution in [1.82, 2.24) is 0 Å². The second-order valence-electron chi connectivity index (χ2n) is 9.55. The van der Waals surface area contributed by atoms with E-state index in [1.165, 1.54) is 35.8 Å². The van der Waals surface area contributed by atoms with Gasteiger partial charge in [-0.25, -0.2) is 0 Å². The summed E-state index contributed by atoms with van der Waals surface area (Å²) in [5.41, 5.74) is 6.96. The molecular weight excluding hydrogens is 388 g/mol. The molecule has 2 aliphatic carbocycles. The lowest BCUT2D eigenvalue weighted by Crippen LogP contribution is -2.10. The number of allylic oxidation sites excluding steroid dienone is 2. The normalized spacial score (nSPS) is 23.0. The summed E-state index contributed by atoms with van der Waals surface area (Å²) in [6, 6.07) is 12.7. The predicted molar refractivity (Wildman–Crippen MR) is 120 cm³/mol. The standard InChI is InChI=1S/C27H30O4/c1-27(2)13-5-8-23(27)21-6-4-7-22-20(21)11-12-24(22)31-18-9-10-19-17(14-26(28)29-3)16-30-25(19)15-18/h4,6-10,15,17,24H,5,11-14,16H2,1-3H3/t17?,24-/m1/s1. The van der Waals surface area contributed by atoms with Crippen LogP contribution in [0.4, 0.5) is 0 Å². The number of rotatable bonds is 5. The molecule has 0 bridgehead atoms. The highest BCUT2D eigenvalue weighted by atomic mass is 16.5. The minimum absolute atomic E-state index is 0.0503. The van der Waals surface area contributed by atoms with Crippen molar-refractivity contribution >= 4 is 11.5 Å². The van der Waals surface area contributed by atoms with E-state index in [-0.39, 0.29) is 23.4 Å². The average molecular weight is 419 g/mol. The Morgan fingerprint density at radius 3 is 2.84 bits per heavy atom. The van der Waals surface area contributed by atoms with E-state index in [0.29, 0.717) is 13.0 Å². The minimum atomic E-state index is -0.208. The molecule has 1 aliphatic heterocycles. The fourth-order valence-corrected chi connectivity index (χ4v) is 5.40. The van der Waals surface area contributed by atoms with Gasteiger partial charge in [0.15, 0.2) is 0 Å². The molecule has 0 aromatic heterocycles. The van der Waals surface area contributed by atoms with E-state index >= 15 is 0 Å². The van der Waals surface area contributed by atoms with Crippen molar-refractivity contribution < 1.29 is 19.0 Å². The van der Waals surface area contributed by atoms with Gasteiger partial charge >= 0.3 is 5.97 Å². The van der Waals surface area contributed by atoms with Crippen LogP contribution in [0.15, 0.2) is 42.5 Å². The molecule has 0 amide bonds. The van der Waals surface area contributed by atoms with E-state index in [1.807, 2.05) is 18.2 Å². The SMILES string of the molecule is COC(=O)CC1COc2cc(O[C@@H]3CCc4c(C5=CCCC5(C)C)cccc43)ccc21. The number of carbonyl (C=O) groups excluding carboxylic acids is 1. The average Bonchev–Trinajstić information content (AvgIpc) is 3.45. The second kappa shape index (κ2) is 7.74. The highest BCUT2D eigenvalue weighted by molar-refractivity contribution is 5.75. The molecule has 0 N–H and O–H groups in total. The van der Waals surface area contributed by atoms with Gasteiger partial charge in [0.1, 0.15) is 17.6 Å². The van der Waals surface area contributed by atoms with E-state index in [9.17, 15) is 4.79 Å². The molecule has 5 rings (SSSR count). The van der Waals surface area contributed by atoms with Crippen LogP contribution in [0, 0.1) is 5.41 Å². The van der Waals surface area contributed by atoms with Crippen LogP contribution in [-0.2, 0) is 16.0 Å². The number of hydrogen-bond donors (Lipinski definition) is 0. The fourth-order valence-electron chi connectivity index (χ4n) is 5.40. The van der Waals surface area contributed by atoms with Gasteiger partial charge in [0.25, 0.3) is 0 Å². The number of ether oxygens (including phenoxy) is 3. The van der Waals surface area contributed by atoms with Gasteiger partial charge in [0, 0.05) is 17.5 Å². The van der Waals surface area contributed by atoms with Crippen LogP contribution in [0.5, 0.6) is 11.5 Å².